The molecule has 0 saturated heterocycles. The number of rotatable bonds is 4. The number of halogens is 1. The van der Waals surface area contributed by atoms with E-state index in [0.717, 1.165) is 0 Å². The van der Waals surface area contributed by atoms with E-state index in [1.54, 1.807) is 24.4 Å². The zero-order chi connectivity index (χ0) is 12.3. The molecule has 0 unspecified atom stereocenters. The lowest BCUT2D eigenvalue weighted by Crippen LogP contribution is -1.98. The van der Waals surface area contributed by atoms with Crippen molar-refractivity contribution in [3.05, 3.63) is 42.1 Å². The molecule has 0 aliphatic heterocycles. The van der Waals surface area contributed by atoms with Crippen molar-refractivity contribution in [1.82, 2.24) is 10.2 Å². The first kappa shape index (κ1) is 11.9. The third-order valence-corrected chi connectivity index (χ3v) is 3.40. The van der Waals surface area contributed by atoms with E-state index in [2.05, 4.69) is 10.2 Å². The Morgan fingerprint density at radius 2 is 2.18 bits per heavy atom. The second kappa shape index (κ2) is 4.77. The van der Waals surface area contributed by atoms with Crippen LogP contribution in [0.4, 0.5) is 0 Å². The molecule has 0 aliphatic rings. The molecule has 90 valence electrons. The standard InChI is InChI=1S/C10H9ClN2O3S/c11-17(14,15)9-3-1-2-8(6-9)7-16-10-4-5-12-13-10/h1-6H,7H2,(H,12,13). The maximum Gasteiger partial charge on any atom is 0.261 e. The minimum Gasteiger partial charge on any atom is -0.473 e. The third-order valence-electron chi connectivity index (χ3n) is 2.05. The molecule has 2 aromatic rings. The number of hydrogen-bond donors (Lipinski definition) is 1. The molecule has 2 rings (SSSR count). The SMILES string of the molecule is O=S(=O)(Cl)c1cccc(COc2ccn[nH]2)c1. The van der Waals surface area contributed by atoms with Crippen molar-refractivity contribution >= 4 is 19.7 Å². The van der Waals surface area contributed by atoms with Gasteiger partial charge in [-0.05, 0) is 17.7 Å². The van der Waals surface area contributed by atoms with Gasteiger partial charge in [-0.2, -0.15) is 5.10 Å². The van der Waals surface area contributed by atoms with Gasteiger partial charge in [0, 0.05) is 16.7 Å². The highest BCUT2D eigenvalue weighted by molar-refractivity contribution is 8.13. The van der Waals surface area contributed by atoms with Crippen LogP contribution in [0.2, 0.25) is 0 Å². The van der Waals surface area contributed by atoms with Crippen molar-refractivity contribution in [3.8, 4) is 5.88 Å². The highest BCUT2D eigenvalue weighted by Crippen LogP contribution is 2.17. The number of nitrogens with one attached hydrogen (secondary N) is 1. The maximum absolute atomic E-state index is 11.1. The summed E-state index contributed by atoms with van der Waals surface area (Å²) in [6, 6.07) is 7.94. The summed E-state index contributed by atoms with van der Waals surface area (Å²) in [7, 11) is 1.54. The molecule has 1 aromatic carbocycles. The second-order valence-electron chi connectivity index (χ2n) is 3.29. The Bertz CT molecular complexity index is 596. The predicted octanol–water partition coefficient (Wildman–Crippen LogP) is 1.92. The number of ether oxygens (including phenoxy) is 1. The van der Waals surface area contributed by atoms with Crippen LogP contribution >= 0.6 is 10.7 Å². The first-order valence-corrected chi connectivity index (χ1v) is 7.02. The van der Waals surface area contributed by atoms with E-state index in [-0.39, 0.29) is 11.5 Å². The van der Waals surface area contributed by atoms with Gasteiger partial charge in [-0.1, -0.05) is 12.1 Å². The maximum atomic E-state index is 11.1. The summed E-state index contributed by atoms with van der Waals surface area (Å²) in [5.41, 5.74) is 0.710. The molecule has 17 heavy (non-hydrogen) atoms. The summed E-state index contributed by atoms with van der Waals surface area (Å²) in [6.45, 7) is 0.239. The van der Waals surface area contributed by atoms with Gasteiger partial charge in [0.05, 0.1) is 11.1 Å². The molecule has 5 nitrogen and oxygen atoms in total. The molecule has 0 atom stereocenters. The van der Waals surface area contributed by atoms with E-state index in [1.807, 2.05) is 0 Å². The molecule has 0 saturated carbocycles. The quantitative estimate of drug-likeness (QED) is 0.863. The zero-order valence-corrected chi connectivity index (χ0v) is 10.2. The average molecular weight is 273 g/mol. The number of nitrogens with zero attached hydrogens (tertiary/aromatic N) is 1. The van der Waals surface area contributed by atoms with Gasteiger partial charge in [0.1, 0.15) is 6.61 Å². The topological polar surface area (TPSA) is 72.1 Å². The fraction of sp³-hybridized carbons (Fsp3) is 0.100. The molecule has 0 bridgehead atoms. The number of H-pyrrole nitrogens is 1. The Balaban J connectivity index is 2.12. The fourth-order valence-corrected chi connectivity index (χ4v) is 2.09. The predicted molar refractivity (Wildman–Crippen MR) is 62.4 cm³/mol. The minimum atomic E-state index is -3.70. The van der Waals surface area contributed by atoms with E-state index < -0.39 is 9.05 Å². The van der Waals surface area contributed by atoms with Crippen LogP contribution < -0.4 is 4.74 Å². The number of aromatic amines is 1. The van der Waals surface area contributed by atoms with Gasteiger partial charge in [0.15, 0.2) is 0 Å². The summed E-state index contributed by atoms with van der Waals surface area (Å²) >= 11 is 0. The largest absolute Gasteiger partial charge is 0.473 e. The van der Waals surface area contributed by atoms with Gasteiger partial charge >= 0.3 is 0 Å². The van der Waals surface area contributed by atoms with Gasteiger partial charge in [-0.15, -0.1) is 0 Å². The Kier molecular flexibility index (Phi) is 3.35. The van der Waals surface area contributed by atoms with Crippen molar-refractivity contribution in [1.29, 1.82) is 0 Å². The number of benzene rings is 1. The third kappa shape index (κ3) is 3.21. The van der Waals surface area contributed by atoms with Gasteiger partial charge in [-0.3, -0.25) is 0 Å². The average Bonchev–Trinajstić information content (AvgIpc) is 2.78. The van der Waals surface area contributed by atoms with E-state index >= 15 is 0 Å². The second-order valence-corrected chi connectivity index (χ2v) is 5.86. The molecule has 0 amide bonds. The van der Waals surface area contributed by atoms with Crippen LogP contribution in [-0.2, 0) is 15.7 Å². The van der Waals surface area contributed by atoms with Crippen LogP contribution in [0.15, 0.2) is 41.4 Å². The van der Waals surface area contributed by atoms with E-state index in [9.17, 15) is 8.42 Å². The fourth-order valence-electron chi connectivity index (χ4n) is 1.27. The lowest BCUT2D eigenvalue weighted by molar-refractivity contribution is 0.293. The highest BCUT2D eigenvalue weighted by atomic mass is 35.7. The Morgan fingerprint density at radius 1 is 1.35 bits per heavy atom. The first-order valence-electron chi connectivity index (χ1n) is 4.71. The van der Waals surface area contributed by atoms with Gasteiger partial charge in [0.25, 0.3) is 9.05 Å². The van der Waals surface area contributed by atoms with Crippen molar-refractivity contribution in [3.63, 3.8) is 0 Å². The lowest BCUT2D eigenvalue weighted by atomic mass is 10.2. The molecular formula is C10H9ClN2O3S. The monoisotopic (exact) mass is 272 g/mol. The molecule has 1 N–H and O–H groups in total. The van der Waals surface area contributed by atoms with E-state index in [4.69, 9.17) is 15.4 Å². The minimum absolute atomic E-state index is 0.0601. The molecule has 0 radical (unpaired) electrons. The van der Waals surface area contributed by atoms with Gasteiger partial charge in [0.2, 0.25) is 5.88 Å². The van der Waals surface area contributed by atoms with Crippen LogP contribution in [0.1, 0.15) is 5.56 Å². The van der Waals surface area contributed by atoms with Crippen LogP contribution in [-0.4, -0.2) is 18.6 Å². The van der Waals surface area contributed by atoms with Gasteiger partial charge in [-0.25, -0.2) is 13.5 Å². The van der Waals surface area contributed by atoms with Crippen molar-refractivity contribution in [2.24, 2.45) is 0 Å². The molecule has 1 heterocycles. The summed E-state index contributed by atoms with van der Waals surface area (Å²) in [6.07, 6.45) is 1.56. The van der Waals surface area contributed by atoms with Crippen molar-refractivity contribution in [2.45, 2.75) is 11.5 Å². The first-order chi connectivity index (χ1) is 8.05. The zero-order valence-electron chi connectivity index (χ0n) is 8.63. The lowest BCUT2D eigenvalue weighted by Gasteiger charge is -2.04. The molecule has 0 fully saturated rings. The molecule has 1 aromatic heterocycles. The Morgan fingerprint density at radius 3 is 2.82 bits per heavy atom. The van der Waals surface area contributed by atoms with Gasteiger partial charge < -0.3 is 4.74 Å². The molecular weight excluding hydrogens is 264 g/mol. The van der Waals surface area contributed by atoms with Crippen LogP contribution in [0, 0.1) is 0 Å². The summed E-state index contributed by atoms with van der Waals surface area (Å²) < 4.78 is 27.6. The number of hydrogen-bond acceptors (Lipinski definition) is 4. The summed E-state index contributed by atoms with van der Waals surface area (Å²) in [5.74, 6) is 0.518. The van der Waals surface area contributed by atoms with Crippen LogP contribution in [0.3, 0.4) is 0 Å². The molecule has 0 spiro atoms. The summed E-state index contributed by atoms with van der Waals surface area (Å²) in [5, 5.41) is 6.36. The van der Waals surface area contributed by atoms with Crippen molar-refractivity contribution in [2.75, 3.05) is 0 Å². The molecule has 7 heteroatoms. The van der Waals surface area contributed by atoms with E-state index in [0.29, 0.717) is 11.4 Å². The number of aromatic nitrogens is 2. The molecule has 0 aliphatic carbocycles. The van der Waals surface area contributed by atoms with E-state index in [1.165, 1.54) is 12.1 Å². The highest BCUT2D eigenvalue weighted by Gasteiger charge is 2.10. The van der Waals surface area contributed by atoms with Crippen LogP contribution in [0.25, 0.3) is 0 Å². The van der Waals surface area contributed by atoms with Crippen molar-refractivity contribution < 1.29 is 13.2 Å². The Hall–Kier alpha value is -1.53. The van der Waals surface area contributed by atoms with Crippen LogP contribution in [0.5, 0.6) is 5.88 Å². The Labute approximate surface area is 103 Å². The smallest absolute Gasteiger partial charge is 0.261 e. The normalized spacial score (nSPS) is 11.4. The summed E-state index contributed by atoms with van der Waals surface area (Å²) in [4.78, 5) is 0.0601.